The van der Waals surface area contributed by atoms with Crippen molar-refractivity contribution in [2.24, 2.45) is 0 Å². The van der Waals surface area contributed by atoms with Gasteiger partial charge in [-0.1, -0.05) is 17.7 Å². The topological polar surface area (TPSA) is 60.9 Å². The van der Waals surface area contributed by atoms with Crippen LogP contribution in [0.15, 0.2) is 24.3 Å². The number of hydrogen-bond acceptors (Lipinski definition) is 3. The van der Waals surface area contributed by atoms with Crippen LogP contribution in [0.3, 0.4) is 0 Å². The number of aryl methyl sites for hydroxylation is 1. The van der Waals surface area contributed by atoms with Gasteiger partial charge in [-0.05, 0) is 33.2 Å². The molecule has 0 saturated heterocycles. The van der Waals surface area contributed by atoms with Crippen molar-refractivity contribution in [3.63, 3.8) is 0 Å². The van der Waals surface area contributed by atoms with E-state index < -0.39 is 5.97 Å². The van der Waals surface area contributed by atoms with Crippen molar-refractivity contribution in [3.05, 3.63) is 35.4 Å². The van der Waals surface area contributed by atoms with E-state index in [0.29, 0.717) is 18.7 Å². The molecule has 0 aliphatic heterocycles. The third-order valence-electron chi connectivity index (χ3n) is 2.70. The monoisotopic (exact) mass is 264 g/mol. The van der Waals surface area contributed by atoms with E-state index >= 15 is 0 Å². The number of carboxylic acids is 1. The van der Waals surface area contributed by atoms with E-state index in [1.54, 1.807) is 18.2 Å². The molecule has 0 aromatic heterocycles. The first kappa shape index (κ1) is 15.2. The van der Waals surface area contributed by atoms with E-state index in [1.807, 2.05) is 32.0 Å². The molecule has 1 aromatic carbocycles. The molecule has 0 fully saturated rings. The highest BCUT2D eigenvalue weighted by Gasteiger charge is 2.18. The number of amides is 1. The maximum atomic E-state index is 12.3. The van der Waals surface area contributed by atoms with Crippen LogP contribution >= 0.6 is 0 Å². The number of hydrogen-bond donors (Lipinski definition) is 1. The normalized spacial score (nSPS) is 10.5. The number of rotatable bonds is 6. The molecule has 5 nitrogen and oxygen atoms in total. The lowest BCUT2D eigenvalue weighted by molar-refractivity contribution is -0.137. The first-order valence-electron chi connectivity index (χ1n) is 6.12. The van der Waals surface area contributed by atoms with E-state index in [0.717, 1.165) is 5.56 Å². The molecule has 1 aromatic rings. The number of benzene rings is 1. The van der Waals surface area contributed by atoms with Crippen LogP contribution in [0.5, 0.6) is 0 Å². The van der Waals surface area contributed by atoms with Crippen molar-refractivity contribution in [1.82, 2.24) is 9.80 Å². The Hall–Kier alpha value is -1.88. The minimum atomic E-state index is -1.00. The fraction of sp³-hybridized carbons (Fsp3) is 0.429. The Labute approximate surface area is 113 Å². The van der Waals surface area contributed by atoms with E-state index in [9.17, 15) is 9.59 Å². The van der Waals surface area contributed by atoms with E-state index in [2.05, 4.69) is 0 Å². The van der Waals surface area contributed by atoms with Gasteiger partial charge in [-0.15, -0.1) is 0 Å². The standard InChI is InChI=1S/C14H20N2O3/c1-11-5-4-6-12(9-11)14(19)16(10-13(17)18)8-7-15(2)3/h4-6,9H,7-8,10H2,1-3H3,(H,17,18). The van der Waals surface area contributed by atoms with Gasteiger partial charge in [0.1, 0.15) is 6.54 Å². The molecule has 1 rings (SSSR count). The summed E-state index contributed by atoms with van der Waals surface area (Å²) < 4.78 is 0. The molecule has 1 amide bonds. The van der Waals surface area contributed by atoms with Gasteiger partial charge >= 0.3 is 5.97 Å². The number of likely N-dealkylation sites (N-methyl/N-ethyl adjacent to an activating group) is 1. The second kappa shape index (κ2) is 6.89. The van der Waals surface area contributed by atoms with Gasteiger partial charge in [0, 0.05) is 18.7 Å². The quantitative estimate of drug-likeness (QED) is 0.835. The lowest BCUT2D eigenvalue weighted by atomic mass is 10.1. The molecule has 104 valence electrons. The number of nitrogens with zero attached hydrogens (tertiary/aromatic N) is 2. The Morgan fingerprint density at radius 1 is 1.21 bits per heavy atom. The van der Waals surface area contributed by atoms with Crippen LogP contribution in [0.2, 0.25) is 0 Å². The van der Waals surface area contributed by atoms with Crippen molar-refractivity contribution in [2.45, 2.75) is 6.92 Å². The number of carboxylic acid groups (broad SMARTS) is 1. The van der Waals surface area contributed by atoms with Crippen LogP contribution in [0.4, 0.5) is 0 Å². The van der Waals surface area contributed by atoms with Crippen LogP contribution in [-0.4, -0.2) is 60.5 Å². The first-order chi connectivity index (χ1) is 8.90. The van der Waals surface area contributed by atoms with Crippen LogP contribution in [0, 0.1) is 6.92 Å². The van der Waals surface area contributed by atoms with Crippen molar-refractivity contribution in [1.29, 1.82) is 0 Å². The summed E-state index contributed by atoms with van der Waals surface area (Å²) in [4.78, 5) is 26.4. The molecule has 19 heavy (non-hydrogen) atoms. The van der Waals surface area contributed by atoms with Crippen LogP contribution in [0.1, 0.15) is 15.9 Å². The number of aliphatic carboxylic acids is 1. The maximum absolute atomic E-state index is 12.3. The van der Waals surface area contributed by atoms with E-state index in [1.165, 1.54) is 4.90 Å². The summed E-state index contributed by atoms with van der Waals surface area (Å²) in [6.07, 6.45) is 0. The third-order valence-corrected chi connectivity index (χ3v) is 2.70. The lowest BCUT2D eigenvalue weighted by Crippen LogP contribution is -2.40. The summed E-state index contributed by atoms with van der Waals surface area (Å²) in [5.74, 6) is -1.24. The Morgan fingerprint density at radius 3 is 2.42 bits per heavy atom. The molecule has 0 bridgehead atoms. The molecule has 0 spiro atoms. The zero-order valence-corrected chi connectivity index (χ0v) is 11.6. The summed E-state index contributed by atoms with van der Waals surface area (Å²) in [6.45, 7) is 2.65. The molecular weight excluding hydrogens is 244 g/mol. The fourth-order valence-corrected chi connectivity index (χ4v) is 1.70. The summed E-state index contributed by atoms with van der Waals surface area (Å²) >= 11 is 0. The predicted molar refractivity (Wildman–Crippen MR) is 73.3 cm³/mol. The van der Waals surface area contributed by atoms with E-state index in [-0.39, 0.29) is 12.5 Å². The molecule has 0 heterocycles. The van der Waals surface area contributed by atoms with Crippen LogP contribution < -0.4 is 0 Å². The average Bonchev–Trinajstić information content (AvgIpc) is 2.33. The molecule has 0 radical (unpaired) electrons. The van der Waals surface area contributed by atoms with Crippen molar-refractivity contribution in [2.75, 3.05) is 33.7 Å². The van der Waals surface area contributed by atoms with Crippen LogP contribution in [-0.2, 0) is 4.79 Å². The maximum Gasteiger partial charge on any atom is 0.323 e. The fourth-order valence-electron chi connectivity index (χ4n) is 1.70. The summed E-state index contributed by atoms with van der Waals surface area (Å²) in [5, 5.41) is 8.89. The molecule has 0 unspecified atom stereocenters. The zero-order valence-electron chi connectivity index (χ0n) is 11.6. The van der Waals surface area contributed by atoms with Crippen molar-refractivity contribution >= 4 is 11.9 Å². The number of carbonyl (C=O) groups excluding carboxylic acids is 1. The third kappa shape index (κ3) is 5.09. The second-order valence-corrected chi connectivity index (χ2v) is 4.79. The highest BCUT2D eigenvalue weighted by Crippen LogP contribution is 2.08. The van der Waals surface area contributed by atoms with Crippen molar-refractivity contribution in [3.8, 4) is 0 Å². The van der Waals surface area contributed by atoms with Gasteiger partial charge in [0.25, 0.3) is 5.91 Å². The number of carbonyl (C=O) groups is 2. The lowest BCUT2D eigenvalue weighted by Gasteiger charge is -2.22. The Bertz CT molecular complexity index is 458. The zero-order chi connectivity index (χ0) is 14.4. The second-order valence-electron chi connectivity index (χ2n) is 4.79. The largest absolute Gasteiger partial charge is 0.480 e. The summed E-state index contributed by atoms with van der Waals surface area (Å²) in [6, 6.07) is 7.18. The molecular formula is C14H20N2O3. The Kier molecular flexibility index (Phi) is 5.51. The van der Waals surface area contributed by atoms with Gasteiger partial charge in [-0.2, -0.15) is 0 Å². The first-order valence-corrected chi connectivity index (χ1v) is 6.12. The van der Waals surface area contributed by atoms with Crippen LogP contribution in [0.25, 0.3) is 0 Å². The Balaban J connectivity index is 2.83. The SMILES string of the molecule is Cc1cccc(C(=O)N(CCN(C)C)CC(=O)O)c1. The van der Waals surface area contributed by atoms with Gasteiger partial charge in [-0.25, -0.2) is 0 Å². The summed E-state index contributed by atoms with van der Waals surface area (Å²) in [7, 11) is 3.77. The Morgan fingerprint density at radius 2 is 1.89 bits per heavy atom. The predicted octanol–water partition coefficient (Wildman–Crippen LogP) is 1.08. The highest BCUT2D eigenvalue weighted by atomic mass is 16.4. The molecule has 1 N–H and O–H groups in total. The van der Waals surface area contributed by atoms with Gasteiger partial charge in [0.05, 0.1) is 0 Å². The van der Waals surface area contributed by atoms with Gasteiger partial charge in [-0.3, -0.25) is 9.59 Å². The molecule has 0 saturated carbocycles. The summed E-state index contributed by atoms with van der Waals surface area (Å²) in [5.41, 5.74) is 1.51. The minimum Gasteiger partial charge on any atom is -0.480 e. The van der Waals surface area contributed by atoms with Crippen molar-refractivity contribution < 1.29 is 14.7 Å². The molecule has 0 aliphatic carbocycles. The minimum absolute atomic E-state index is 0.243. The van der Waals surface area contributed by atoms with E-state index in [4.69, 9.17) is 5.11 Å². The molecule has 0 atom stereocenters. The van der Waals surface area contributed by atoms with Gasteiger partial charge < -0.3 is 14.9 Å². The average molecular weight is 264 g/mol. The smallest absolute Gasteiger partial charge is 0.323 e. The molecule has 5 heteroatoms. The van der Waals surface area contributed by atoms with Gasteiger partial charge in [0.15, 0.2) is 0 Å². The van der Waals surface area contributed by atoms with Gasteiger partial charge in [0.2, 0.25) is 0 Å². The molecule has 0 aliphatic rings. The highest BCUT2D eigenvalue weighted by molar-refractivity contribution is 5.96.